The zero-order valence-corrected chi connectivity index (χ0v) is 17.2. The summed E-state index contributed by atoms with van der Waals surface area (Å²) in [6.07, 6.45) is 6.48. The van der Waals surface area contributed by atoms with Gasteiger partial charge in [0.05, 0.1) is 0 Å². The van der Waals surface area contributed by atoms with Crippen LogP contribution in [0.1, 0.15) is 24.1 Å². The lowest BCUT2D eigenvalue weighted by molar-refractivity contribution is -0.140. The molecule has 2 fully saturated rings. The highest BCUT2D eigenvalue weighted by Crippen LogP contribution is 2.31. The van der Waals surface area contributed by atoms with Gasteiger partial charge >= 0.3 is 0 Å². The van der Waals surface area contributed by atoms with E-state index < -0.39 is 0 Å². The summed E-state index contributed by atoms with van der Waals surface area (Å²) in [6.45, 7) is 2.25. The van der Waals surface area contributed by atoms with Crippen LogP contribution in [-0.4, -0.2) is 53.9 Å². The van der Waals surface area contributed by atoms with Crippen molar-refractivity contribution in [1.82, 2.24) is 9.80 Å². The van der Waals surface area contributed by atoms with Crippen molar-refractivity contribution in [3.8, 4) is 5.75 Å². The van der Waals surface area contributed by atoms with Crippen LogP contribution in [0.4, 0.5) is 0 Å². The van der Waals surface area contributed by atoms with Crippen molar-refractivity contribution in [2.24, 2.45) is 5.92 Å². The van der Waals surface area contributed by atoms with Gasteiger partial charge in [0.15, 0.2) is 6.61 Å². The van der Waals surface area contributed by atoms with E-state index >= 15 is 0 Å². The normalized spacial score (nSPS) is 21.8. The number of ether oxygens (including phenoxy) is 1. The second kappa shape index (κ2) is 9.27. The number of rotatable bonds is 5. The summed E-state index contributed by atoms with van der Waals surface area (Å²) in [5, 5.41) is 2.01. The van der Waals surface area contributed by atoms with E-state index in [0.717, 1.165) is 30.7 Å². The topological polar surface area (TPSA) is 49.9 Å². The van der Waals surface area contributed by atoms with Crippen LogP contribution < -0.4 is 4.74 Å². The fourth-order valence-electron chi connectivity index (χ4n) is 4.29. The number of para-hydroxylation sites is 1. The summed E-state index contributed by atoms with van der Waals surface area (Å²) < 4.78 is 5.62. The Bertz CT molecular complexity index is 850. The molecule has 29 heavy (non-hydrogen) atoms. The Balaban J connectivity index is 1.32. The van der Waals surface area contributed by atoms with Gasteiger partial charge in [0.2, 0.25) is 5.91 Å². The Morgan fingerprint density at radius 1 is 1.10 bits per heavy atom. The van der Waals surface area contributed by atoms with Crippen LogP contribution in [0.2, 0.25) is 0 Å². The van der Waals surface area contributed by atoms with Crippen LogP contribution >= 0.6 is 11.3 Å². The van der Waals surface area contributed by atoms with E-state index in [-0.39, 0.29) is 24.5 Å². The van der Waals surface area contributed by atoms with Gasteiger partial charge in [0, 0.05) is 36.6 Å². The largest absolute Gasteiger partial charge is 0.484 e. The predicted octanol–water partition coefficient (Wildman–Crippen LogP) is 3.68. The van der Waals surface area contributed by atoms with E-state index in [9.17, 15) is 9.59 Å². The Labute approximate surface area is 175 Å². The van der Waals surface area contributed by atoms with Gasteiger partial charge in [-0.3, -0.25) is 9.59 Å². The fraction of sp³-hybridized carbons (Fsp3) is 0.391. The third-order valence-electron chi connectivity index (χ3n) is 5.74. The van der Waals surface area contributed by atoms with Gasteiger partial charge in [-0.1, -0.05) is 24.3 Å². The van der Waals surface area contributed by atoms with Crippen molar-refractivity contribution in [3.05, 3.63) is 58.8 Å². The molecule has 2 aliphatic rings. The number of likely N-dealkylation sites (tertiary alicyclic amines) is 2. The minimum Gasteiger partial charge on any atom is -0.484 e. The van der Waals surface area contributed by atoms with Gasteiger partial charge in [0.25, 0.3) is 5.91 Å². The molecule has 0 saturated carbocycles. The third kappa shape index (κ3) is 4.88. The molecule has 1 aromatic heterocycles. The van der Waals surface area contributed by atoms with Gasteiger partial charge in [-0.2, -0.15) is 0 Å². The molecule has 5 nitrogen and oxygen atoms in total. The van der Waals surface area contributed by atoms with Crippen LogP contribution in [0.5, 0.6) is 5.75 Å². The monoisotopic (exact) mass is 410 g/mol. The first-order valence-electron chi connectivity index (χ1n) is 10.2. The smallest absolute Gasteiger partial charge is 0.260 e. The molecule has 0 radical (unpaired) electrons. The maximum atomic E-state index is 12.8. The molecule has 2 atom stereocenters. The summed E-state index contributed by atoms with van der Waals surface area (Å²) in [6, 6.07) is 13.6. The molecule has 3 heterocycles. The SMILES string of the molecule is O=C(COc1ccccc1)N1CC[C@H]2[C@H](CCCN2C(=O)C=Cc2cccs2)C1. The average Bonchev–Trinajstić information content (AvgIpc) is 3.29. The van der Waals surface area contributed by atoms with E-state index in [2.05, 4.69) is 0 Å². The zero-order valence-electron chi connectivity index (χ0n) is 16.4. The molecule has 0 spiro atoms. The molecular formula is C23H26N2O3S. The second-order valence-electron chi connectivity index (χ2n) is 7.58. The number of carbonyl (C=O) groups excluding carboxylic acids is 2. The molecule has 0 unspecified atom stereocenters. The van der Waals surface area contributed by atoms with E-state index in [4.69, 9.17) is 4.74 Å². The number of amides is 2. The van der Waals surface area contributed by atoms with Crippen molar-refractivity contribution in [2.75, 3.05) is 26.2 Å². The molecule has 2 saturated heterocycles. The molecule has 2 amide bonds. The Morgan fingerprint density at radius 2 is 1.97 bits per heavy atom. The van der Waals surface area contributed by atoms with Gasteiger partial charge in [-0.25, -0.2) is 0 Å². The van der Waals surface area contributed by atoms with Crippen molar-refractivity contribution >= 4 is 29.2 Å². The van der Waals surface area contributed by atoms with Crippen molar-refractivity contribution < 1.29 is 14.3 Å². The second-order valence-corrected chi connectivity index (χ2v) is 8.56. The number of nitrogens with zero attached hydrogens (tertiary/aromatic N) is 2. The predicted molar refractivity (Wildman–Crippen MR) is 115 cm³/mol. The number of thiophene rings is 1. The minimum atomic E-state index is 0.0216. The third-order valence-corrected chi connectivity index (χ3v) is 6.58. The molecule has 152 valence electrons. The lowest BCUT2D eigenvalue weighted by atomic mass is 9.83. The summed E-state index contributed by atoms with van der Waals surface area (Å²) in [4.78, 5) is 30.4. The standard InChI is InChI=1S/C23H26N2O3S/c26-22(11-10-20-9-5-15-29-20)25-13-4-6-18-16-24(14-12-21(18)25)23(27)17-28-19-7-2-1-3-8-19/h1-3,5,7-11,15,18,21H,4,6,12-14,16-17H2/t18-,21+/m1/s1. The van der Waals surface area contributed by atoms with E-state index in [0.29, 0.717) is 24.8 Å². The van der Waals surface area contributed by atoms with Crippen LogP contribution in [0.25, 0.3) is 6.08 Å². The molecule has 6 heteroatoms. The minimum absolute atomic E-state index is 0.0216. The number of hydrogen-bond acceptors (Lipinski definition) is 4. The first-order chi connectivity index (χ1) is 14.2. The quantitative estimate of drug-likeness (QED) is 0.707. The molecular weight excluding hydrogens is 384 g/mol. The maximum absolute atomic E-state index is 12.8. The summed E-state index contributed by atoms with van der Waals surface area (Å²) >= 11 is 1.63. The molecule has 2 aromatic rings. The first kappa shape index (κ1) is 19.7. The summed E-state index contributed by atoms with van der Waals surface area (Å²) in [5.74, 6) is 1.16. The summed E-state index contributed by atoms with van der Waals surface area (Å²) in [5.41, 5.74) is 0. The molecule has 0 bridgehead atoms. The highest BCUT2D eigenvalue weighted by atomic mass is 32.1. The highest BCUT2D eigenvalue weighted by Gasteiger charge is 2.38. The molecule has 0 N–H and O–H groups in total. The molecule has 1 aromatic carbocycles. The average molecular weight is 411 g/mol. The number of fused-ring (bicyclic) bond motifs is 1. The van der Waals surface area contributed by atoms with Gasteiger partial charge in [-0.15, -0.1) is 11.3 Å². The Kier molecular flexibility index (Phi) is 6.30. The van der Waals surface area contributed by atoms with Crippen LogP contribution in [-0.2, 0) is 9.59 Å². The van der Waals surface area contributed by atoms with E-state index in [1.807, 2.05) is 63.7 Å². The molecule has 2 aliphatic heterocycles. The molecule has 4 rings (SSSR count). The van der Waals surface area contributed by atoms with Gasteiger partial charge in [0.1, 0.15) is 5.75 Å². The van der Waals surface area contributed by atoms with Crippen molar-refractivity contribution in [2.45, 2.75) is 25.3 Å². The van der Waals surface area contributed by atoms with E-state index in [1.54, 1.807) is 17.4 Å². The number of carbonyl (C=O) groups is 2. The maximum Gasteiger partial charge on any atom is 0.260 e. The lowest BCUT2D eigenvalue weighted by Crippen LogP contribution is -2.56. The first-order valence-corrected chi connectivity index (χ1v) is 11.1. The van der Waals surface area contributed by atoms with Crippen molar-refractivity contribution in [3.63, 3.8) is 0 Å². The Hall–Kier alpha value is -2.60. The summed E-state index contributed by atoms with van der Waals surface area (Å²) in [7, 11) is 0. The zero-order chi connectivity index (χ0) is 20.1. The van der Waals surface area contributed by atoms with Crippen LogP contribution in [0.3, 0.4) is 0 Å². The number of hydrogen-bond donors (Lipinski definition) is 0. The van der Waals surface area contributed by atoms with Crippen LogP contribution in [0.15, 0.2) is 53.9 Å². The lowest BCUT2D eigenvalue weighted by Gasteiger charge is -2.47. The molecule has 0 aliphatic carbocycles. The highest BCUT2D eigenvalue weighted by molar-refractivity contribution is 7.10. The van der Waals surface area contributed by atoms with Gasteiger partial charge < -0.3 is 14.5 Å². The van der Waals surface area contributed by atoms with Crippen molar-refractivity contribution in [1.29, 1.82) is 0 Å². The van der Waals surface area contributed by atoms with Crippen LogP contribution in [0, 0.1) is 5.92 Å². The van der Waals surface area contributed by atoms with Gasteiger partial charge in [-0.05, 0) is 54.8 Å². The fourth-order valence-corrected chi connectivity index (χ4v) is 4.91. The number of piperidine rings is 2. The van der Waals surface area contributed by atoms with E-state index in [1.165, 1.54) is 0 Å². The number of benzene rings is 1. The Morgan fingerprint density at radius 3 is 2.76 bits per heavy atom.